The van der Waals surface area contributed by atoms with Crippen LogP contribution in [0, 0.1) is 0 Å². The second-order valence-corrected chi connectivity index (χ2v) is 6.95. The minimum Gasteiger partial charge on any atom is -0.508 e. The first kappa shape index (κ1) is 16.0. The third kappa shape index (κ3) is 4.09. The maximum absolute atomic E-state index is 12.1. The first-order chi connectivity index (χ1) is 11.0. The van der Waals surface area contributed by atoms with Crippen molar-refractivity contribution < 1.29 is 15.0 Å². The Morgan fingerprint density at radius 1 is 1.22 bits per heavy atom. The van der Waals surface area contributed by atoms with Gasteiger partial charge in [-0.3, -0.25) is 4.79 Å². The predicted molar refractivity (Wildman–Crippen MR) is 90.5 cm³/mol. The molecule has 5 nitrogen and oxygen atoms in total. The molecule has 0 aliphatic heterocycles. The second-order valence-electron chi connectivity index (χ2n) is 6.09. The number of carbonyl (C=O) groups is 1. The number of benzene rings is 1. The Balaban J connectivity index is 1.62. The molecular weight excluding hydrogens is 312 g/mol. The van der Waals surface area contributed by atoms with E-state index < -0.39 is 5.60 Å². The average molecular weight is 332 g/mol. The third-order valence-corrected chi connectivity index (χ3v) is 4.95. The lowest BCUT2D eigenvalue weighted by molar-refractivity contribution is -0.122. The van der Waals surface area contributed by atoms with Gasteiger partial charge in [-0.25, -0.2) is 4.98 Å². The number of amides is 1. The molecule has 122 valence electrons. The average Bonchev–Trinajstić information content (AvgIpc) is 2.96. The zero-order chi connectivity index (χ0) is 16.3. The minimum atomic E-state index is -0.862. The fraction of sp³-hybridized carbons (Fsp3) is 0.412. The lowest BCUT2D eigenvalue weighted by atomic mass is 9.82. The number of aromatic hydroxyl groups is 1. The number of phenols is 1. The monoisotopic (exact) mass is 332 g/mol. The normalized spacial score (nSPS) is 16.9. The van der Waals surface area contributed by atoms with E-state index in [2.05, 4.69) is 10.3 Å². The molecule has 1 aliphatic carbocycles. The van der Waals surface area contributed by atoms with Gasteiger partial charge in [0.1, 0.15) is 5.75 Å². The summed E-state index contributed by atoms with van der Waals surface area (Å²) in [5, 5.41) is 24.9. The summed E-state index contributed by atoms with van der Waals surface area (Å²) in [4.78, 5) is 16.5. The summed E-state index contributed by atoms with van der Waals surface area (Å²) < 4.78 is 0. The molecule has 1 fully saturated rings. The van der Waals surface area contributed by atoms with Gasteiger partial charge in [-0.2, -0.15) is 0 Å². The van der Waals surface area contributed by atoms with E-state index in [4.69, 9.17) is 0 Å². The topological polar surface area (TPSA) is 82.5 Å². The molecule has 0 unspecified atom stereocenters. The summed E-state index contributed by atoms with van der Waals surface area (Å²) in [6.45, 7) is 0. The lowest BCUT2D eigenvalue weighted by Crippen LogP contribution is -2.35. The number of nitrogens with one attached hydrogen (secondary N) is 1. The van der Waals surface area contributed by atoms with Crippen LogP contribution in [0.25, 0.3) is 11.3 Å². The third-order valence-electron chi connectivity index (χ3n) is 4.19. The number of rotatable bonds is 4. The van der Waals surface area contributed by atoms with Crippen LogP contribution in [-0.4, -0.2) is 26.7 Å². The number of hydrogen-bond acceptors (Lipinski definition) is 5. The maximum atomic E-state index is 12.1. The van der Waals surface area contributed by atoms with Crippen LogP contribution in [0.2, 0.25) is 0 Å². The standard InChI is InChI=1S/C17H20N2O3S/c20-13-6-4-12(5-7-13)14-11-23-16(18-14)19-15(21)10-17(22)8-2-1-3-9-17/h4-7,11,20,22H,1-3,8-10H2,(H,18,19,21). The fourth-order valence-electron chi connectivity index (χ4n) is 2.94. The van der Waals surface area contributed by atoms with Crippen LogP contribution in [0.15, 0.2) is 29.6 Å². The highest BCUT2D eigenvalue weighted by atomic mass is 32.1. The summed E-state index contributed by atoms with van der Waals surface area (Å²) in [5.74, 6) is 0.0132. The van der Waals surface area contributed by atoms with E-state index in [1.54, 1.807) is 24.3 Å². The molecule has 0 spiro atoms. The quantitative estimate of drug-likeness (QED) is 0.800. The number of thiazole rings is 1. The van der Waals surface area contributed by atoms with E-state index in [1.165, 1.54) is 11.3 Å². The van der Waals surface area contributed by atoms with Crippen molar-refractivity contribution in [3.8, 4) is 17.0 Å². The molecule has 1 heterocycles. The van der Waals surface area contributed by atoms with E-state index in [0.717, 1.165) is 30.5 Å². The van der Waals surface area contributed by atoms with E-state index in [0.29, 0.717) is 18.0 Å². The van der Waals surface area contributed by atoms with Crippen molar-refractivity contribution in [1.82, 2.24) is 4.98 Å². The summed E-state index contributed by atoms with van der Waals surface area (Å²) in [6.07, 6.45) is 4.60. The molecule has 1 amide bonds. The van der Waals surface area contributed by atoms with Crippen LogP contribution < -0.4 is 5.32 Å². The van der Waals surface area contributed by atoms with Gasteiger partial charge in [-0.05, 0) is 37.1 Å². The van der Waals surface area contributed by atoms with Crippen LogP contribution in [0.3, 0.4) is 0 Å². The molecule has 2 aromatic rings. The summed E-state index contributed by atoms with van der Waals surface area (Å²) >= 11 is 1.35. The van der Waals surface area contributed by atoms with Gasteiger partial charge in [0.25, 0.3) is 0 Å². The van der Waals surface area contributed by atoms with Crippen LogP contribution in [0.5, 0.6) is 5.75 Å². The Kier molecular flexibility index (Phi) is 4.63. The fourth-order valence-corrected chi connectivity index (χ4v) is 3.68. The van der Waals surface area contributed by atoms with Gasteiger partial charge < -0.3 is 15.5 Å². The first-order valence-corrected chi connectivity index (χ1v) is 8.69. The van der Waals surface area contributed by atoms with Crippen molar-refractivity contribution in [1.29, 1.82) is 0 Å². The molecule has 23 heavy (non-hydrogen) atoms. The van der Waals surface area contributed by atoms with Crippen LogP contribution in [0.1, 0.15) is 38.5 Å². The number of phenolic OH excluding ortho intramolecular Hbond substituents is 1. The molecule has 1 saturated carbocycles. The van der Waals surface area contributed by atoms with Crippen LogP contribution >= 0.6 is 11.3 Å². The summed E-state index contributed by atoms with van der Waals surface area (Å²) in [7, 11) is 0. The molecule has 0 saturated heterocycles. The van der Waals surface area contributed by atoms with Gasteiger partial charge in [0.05, 0.1) is 17.7 Å². The van der Waals surface area contributed by atoms with Crippen molar-refractivity contribution >= 4 is 22.4 Å². The van der Waals surface area contributed by atoms with E-state index >= 15 is 0 Å². The predicted octanol–water partition coefficient (Wildman–Crippen LogP) is 3.54. The van der Waals surface area contributed by atoms with Gasteiger partial charge in [-0.15, -0.1) is 11.3 Å². The Bertz CT molecular complexity index is 675. The number of aliphatic hydroxyl groups is 1. The molecule has 1 aromatic heterocycles. The lowest BCUT2D eigenvalue weighted by Gasteiger charge is -2.31. The number of nitrogens with zero attached hydrogens (tertiary/aromatic N) is 1. The molecule has 6 heteroatoms. The van der Waals surface area contributed by atoms with Gasteiger partial charge in [-0.1, -0.05) is 19.3 Å². The summed E-state index contributed by atoms with van der Waals surface area (Å²) in [6, 6.07) is 6.76. The SMILES string of the molecule is O=C(CC1(O)CCCCC1)Nc1nc(-c2ccc(O)cc2)cs1. The zero-order valence-electron chi connectivity index (χ0n) is 12.8. The largest absolute Gasteiger partial charge is 0.508 e. The Morgan fingerprint density at radius 2 is 1.91 bits per heavy atom. The highest BCUT2D eigenvalue weighted by Gasteiger charge is 2.31. The Morgan fingerprint density at radius 3 is 2.61 bits per heavy atom. The molecule has 0 atom stereocenters. The smallest absolute Gasteiger partial charge is 0.229 e. The number of hydrogen-bond donors (Lipinski definition) is 3. The Labute approximate surface area is 139 Å². The van der Waals surface area contributed by atoms with Crippen molar-refractivity contribution in [2.75, 3.05) is 5.32 Å². The molecule has 3 N–H and O–H groups in total. The van der Waals surface area contributed by atoms with Crippen molar-refractivity contribution in [2.45, 2.75) is 44.1 Å². The van der Waals surface area contributed by atoms with E-state index in [1.807, 2.05) is 5.38 Å². The van der Waals surface area contributed by atoms with E-state index in [-0.39, 0.29) is 18.1 Å². The maximum Gasteiger partial charge on any atom is 0.229 e. The van der Waals surface area contributed by atoms with Gasteiger partial charge in [0.2, 0.25) is 5.91 Å². The molecule has 0 radical (unpaired) electrons. The van der Waals surface area contributed by atoms with Gasteiger partial charge in [0.15, 0.2) is 5.13 Å². The van der Waals surface area contributed by atoms with Crippen molar-refractivity contribution in [3.63, 3.8) is 0 Å². The zero-order valence-corrected chi connectivity index (χ0v) is 13.6. The highest BCUT2D eigenvalue weighted by Crippen LogP contribution is 2.32. The second kappa shape index (κ2) is 6.68. The molecular formula is C17H20N2O3S. The molecule has 1 aliphatic rings. The Hall–Kier alpha value is -1.92. The van der Waals surface area contributed by atoms with Gasteiger partial charge in [0, 0.05) is 10.9 Å². The summed E-state index contributed by atoms with van der Waals surface area (Å²) in [5.41, 5.74) is 0.770. The van der Waals surface area contributed by atoms with Crippen LogP contribution in [-0.2, 0) is 4.79 Å². The van der Waals surface area contributed by atoms with Crippen molar-refractivity contribution in [3.05, 3.63) is 29.6 Å². The minimum absolute atomic E-state index is 0.126. The highest BCUT2D eigenvalue weighted by molar-refractivity contribution is 7.14. The number of aromatic nitrogens is 1. The molecule has 1 aromatic carbocycles. The first-order valence-electron chi connectivity index (χ1n) is 7.81. The van der Waals surface area contributed by atoms with E-state index in [9.17, 15) is 15.0 Å². The number of anilines is 1. The molecule has 0 bridgehead atoms. The van der Waals surface area contributed by atoms with Crippen LogP contribution in [0.4, 0.5) is 5.13 Å². The number of carbonyl (C=O) groups excluding carboxylic acids is 1. The molecule has 3 rings (SSSR count). The van der Waals surface area contributed by atoms with Crippen molar-refractivity contribution in [2.24, 2.45) is 0 Å². The van der Waals surface area contributed by atoms with Gasteiger partial charge >= 0.3 is 0 Å².